The summed E-state index contributed by atoms with van der Waals surface area (Å²) in [6.45, 7) is 2.34. The number of carbonyl (C=O) groups excluding carboxylic acids is 1. The zero-order valence-corrected chi connectivity index (χ0v) is 16.8. The van der Waals surface area contributed by atoms with E-state index in [2.05, 4.69) is 5.32 Å². The number of benzene rings is 2. The predicted molar refractivity (Wildman–Crippen MR) is 106 cm³/mol. The van der Waals surface area contributed by atoms with E-state index in [1.165, 1.54) is 19.2 Å². The summed E-state index contributed by atoms with van der Waals surface area (Å²) in [4.78, 5) is 23.4. The van der Waals surface area contributed by atoms with Crippen LogP contribution in [0.5, 0.6) is 23.0 Å². The van der Waals surface area contributed by atoms with Crippen LogP contribution < -0.4 is 24.3 Å². The Hall–Kier alpha value is -3.49. The van der Waals surface area contributed by atoms with Gasteiger partial charge < -0.3 is 24.3 Å². The zero-order valence-electron chi connectivity index (χ0n) is 16.8. The number of hydrogen-bond donors (Lipinski definition) is 1. The minimum Gasteiger partial charge on any atom is -0.493 e. The molecule has 0 radical (unpaired) electrons. The van der Waals surface area contributed by atoms with Crippen molar-refractivity contribution in [3.05, 3.63) is 51.6 Å². The van der Waals surface area contributed by atoms with Gasteiger partial charge in [-0.2, -0.15) is 0 Å². The lowest BCUT2D eigenvalue weighted by Crippen LogP contribution is -2.26. The molecule has 9 nitrogen and oxygen atoms in total. The zero-order chi connectivity index (χ0) is 21.4. The van der Waals surface area contributed by atoms with Crippen molar-refractivity contribution in [3.8, 4) is 23.0 Å². The van der Waals surface area contributed by atoms with Crippen LogP contribution in [0.25, 0.3) is 0 Å². The van der Waals surface area contributed by atoms with Gasteiger partial charge in [0.15, 0.2) is 23.0 Å². The second kappa shape index (κ2) is 10.2. The summed E-state index contributed by atoms with van der Waals surface area (Å²) < 4.78 is 21.0. The second-order valence-electron chi connectivity index (χ2n) is 5.91. The van der Waals surface area contributed by atoms with Crippen molar-refractivity contribution in [2.24, 2.45) is 0 Å². The summed E-state index contributed by atoms with van der Waals surface area (Å²) in [6.07, 6.45) is 0.508. The highest BCUT2D eigenvalue weighted by molar-refractivity contribution is 5.99. The van der Waals surface area contributed by atoms with E-state index in [1.54, 1.807) is 27.2 Å². The Kier molecular flexibility index (Phi) is 7.64. The van der Waals surface area contributed by atoms with E-state index in [0.717, 1.165) is 5.56 Å². The number of nitro benzene ring substituents is 1. The van der Waals surface area contributed by atoms with Crippen molar-refractivity contribution < 1.29 is 28.7 Å². The van der Waals surface area contributed by atoms with Gasteiger partial charge >= 0.3 is 0 Å². The fourth-order valence-corrected chi connectivity index (χ4v) is 2.76. The normalized spacial score (nSPS) is 10.2. The SMILES string of the molecule is CCOc1cc([N+](=O)[O-])c(C(=O)NCCc2ccc(OC)c(OC)c2)cc1OC. The molecule has 0 aliphatic carbocycles. The lowest BCUT2D eigenvalue weighted by Gasteiger charge is -2.12. The third-order valence-electron chi connectivity index (χ3n) is 4.17. The molecular formula is C20H24N2O7. The molecule has 0 spiro atoms. The summed E-state index contributed by atoms with van der Waals surface area (Å²) in [5.41, 5.74) is 0.474. The number of hydrogen-bond acceptors (Lipinski definition) is 7. The van der Waals surface area contributed by atoms with Gasteiger partial charge in [0.25, 0.3) is 11.6 Å². The van der Waals surface area contributed by atoms with Crippen LogP contribution in [0.2, 0.25) is 0 Å². The molecule has 2 aromatic rings. The van der Waals surface area contributed by atoms with E-state index < -0.39 is 10.8 Å². The van der Waals surface area contributed by atoms with Crippen LogP contribution in [-0.2, 0) is 6.42 Å². The van der Waals surface area contributed by atoms with Gasteiger partial charge in [0.2, 0.25) is 0 Å². The van der Waals surface area contributed by atoms with Crippen LogP contribution in [0.3, 0.4) is 0 Å². The molecule has 0 aliphatic heterocycles. The highest BCUT2D eigenvalue weighted by atomic mass is 16.6. The number of nitrogens with one attached hydrogen (secondary N) is 1. The first-order valence-electron chi connectivity index (χ1n) is 8.93. The van der Waals surface area contributed by atoms with Gasteiger partial charge in [-0.1, -0.05) is 6.07 Å². The number of amides is 1. The van der Waals surface area contributed by atoms with E-state index in [4.69, 9.17) is 18.9 Å². The molecule has 0 fully saturated rings. The highest BCUT2D eigenvalue weighted by Gasteiger charge is 2.24. The topological polar surface area (TPSA) is 109 Å². The summed E-state index contributed by atoms with van der Waals surface area (Å²) in [5.74, 6) is 1.09. The summed E-state index contributed by atoms with van der Waals surface area (Å²) in [6, 6.07) is 7.96. The Labute approximate surface area is 168 Å². The Bertz CT molecular complexity index is 883. The number of nitrogens with zero attached hydrogens (tertiary/aromatic N) is 1. The van der Waals surface area contributed by atoms with Crippen molar-refractivity contribution in [1.82, 2.24) is 5.32 Å². The van der Waals surface area contributed by atoms with Crippen LogP contribution in [0.4, 0.5) is 5.69 Å². The first kappa shape index (κ1) is 21.8. The molecule has 0 unspecified atom stereocenters. The molecule has 9 heteroatoms. The minimum absolute atomic E-state index is 0.0948. The van der Waals surface area contributed by atoms with E-state index in [9.17, 15) is 14.9 Å². The Morgan fingerprint density at radius 3 is 2.24 bits per heavy atom. The Balaban J connectivity index is 2.15. The molecular weight excluding hydrogens is 380 g/mol. The number of carbonyl (C=O) groups is 1. The number of nitro groups is 1. The van der Waals surface area contributed by atoms with Crippen molar-refractivity contribution in [2.75, 3.05) is 34.5 Å². The lowest BCUT2D eigenvalue weighted by atomic mass is 10.1. The molecule has 0 aromatic heterocycles. The van der Waals surface area contributed by atoms with E-state index in [1.807, 2.05) is 12.1 Å². The van der Waals surface area contributed by atoms with Gasteiger partial charge in [0.1, 0.15) is 5.56 Å². The summed E-state index contributed by atoms with van der Waals surface area (Å²) >= 11 is 0. The maximum atomic E-state index is 12.6. The summed E-state index contributed by atoms with van der Waals surface area (Å²) in [7, 11) is 4.50. The van der Waals surface area contributed by atoms with E-state index in [-0.39, 0.29) is 29.3 Å². The second-order valence-corrected chi connectivity index (χ2v) is 5.91. The lowest BCUT2D eigenvalue weighted by molar-refractivity contribution is -0.385. The Morgan fingerprint density at radius 2 is 1.66 bits per heavy atom. The monoisotopic (exact) mass is 404 g/mol. The molecule has 0 atom stereocenters. The third-order valence-corrected chi connectivity index (χ3v) is 4.17. The van der Waals surface area contributed by atoms with Gasteiger partial charge in [0, 0.05) is 12.6 Å². The third kappa shape index (κ3) is 5.28. The first-order chi connectivity index (χ1) is 13.9. The first-order valence-corrected chi connectivity index (χ1v) is 8.93. The average molecular weight is 404 g/mol. The van der Waals surface area contributed by atoms with Gasteiger partial charge in [-0.3, -0.25) is 14.9 Å². The molecule has 29 heavy (non-hydrogen) atoms. The fourth-order valence-electron chi connectivity index (χ4n) is 2.76. The van der Waals surface area contributed by atoms with Gasteiger partial charge in [-0.05, 0) is 31.0 Å². The van der Waals surface area contributed by atoms with E-state index in [0.29, 0.717) is 24.5 Å². The van der Waals surface area contributed by atoms with Gasteiger partial charge in [-0.15, -0.1) is 0 Å². The average Bonchev–Trinajstić information content (AvgIpc) is 2.73. The molecule has 0 saturated heterocycles. The van der Waals surface area contributed by atoms with Crippen LogP contribution in [0.15, 0.2) is 30.3 Å². The molecule has 0 bridgehead atoms. The molecule has 2 rings (SSSR count). The van der Waals surface area contributed by atoms with Crippen molar-refractivity contribution in [3.63, 3.8) is 0 Å². The van der Waals surface area contributed by atoms with Gasteiger partial charge in [-0.25, -0.2) is 0 Å². The maximum Gasteiger partial charge on any atom is 0.286 e. The summed E-state index contributed by atoms with van der Waals surface area (Å²) in [5, 5.41) is 14.1. The van der Waals surface area contributed by atoms with E-state index >= 15 is 0 Å². The molecule has 156 valence electrons. The van der Waals surface area contributed by atoms with Crippen LogP contribution in [-0.4, -0.2) is 45.3 Å². The minimum atomic E-state index is -0.620. The molecule has 1 N–H and O–H groups in total. The van der Waals surface area contributed by atoms with Crippen LogP contribution in [0, 0.1) is 10.1 Å². The quantitative estimate of drug-likeness (QED) is 0.479. The van der Waals surface area contributed by atoms with Crippen LogP contribution in [0.1, 0.15) is 22.8 Å². The number of rotatable bonds is 10. The van der Waals surface area contributed by atoms with Crippen molar-refractivity contribution >= 4 is 11.6 Å². The molecule has 0 heterocycles. The van der Waals surface area contributed by atoms with Crippen LogP contribution >= 0.6 is 0 Å². The highest BCUT2D eigenvalue weighted by Crippen LogP contribution is 2.34. The number of ether oxygens (including phenoxy) is 4. The molecule has 2 aromatic carbocycles. The fraction of sp³-hybridized carbons (Fsp3) is 0.350. The number of methoxy groups -OCH3 is 3. The van der Waals surface area contributed by atoms with Gasteiger partial charge in [0.05, 0.1) is 38.9 Å². The smallest absolute Gasteiger partial charge is 0.286 e. The standard InChI is InChI=1S/C20H24N2O7/c1-5-29-19-12-15(22(24)25)14(11-18(19)28-4)20(23)21-9-8-13-6-7-16(26-2)17(10-13)27-3/h6-7,10-12H,5,8-9H2,1-4H3,(H,21,23). The largest absolute Gasteiger partial charge is 0.493 e. The maximum absolute atomic E-state index is 12.6. The molecule has 1 amide bonds. The molecule has 0 saturated carbocycles. The molecule has 0 aliphatic rings. The van der Waals surface area contributed by atoms with Crippen molar-refractivity contribution in [1.29, 1.82) is 0 Å². The predicted octanol–water partition coefficient (Wildman–Crippen LogP) is 2.99. The Morgan fingerprint density at radius 1 is 1.00 bits per heavy atom. The van der Waals surface area contributed by atoms with Crippen molar-refractivity contribution in [2.45, 2.75) is 13.3 Å².